The quantitative estimate of drug-likeness (QED) is 0.684. The van der Waals surface area contributed by atoms with Crippen molar-refractivity contribution in [1.29, 1.82) is 0 Å². The molecule has 0 unspecified atom stereocenters. The van der Waals surface area contributed by atoms with Crippen LogP contribution in [0, 0.1) is 0 Å². The normalized spacial score (nSPS) is 23.9. The van der Waals surface area contributed by atoms with Crippen LogP contribution >= 0.6 is 6.49 Å². The predicted octanol–water partition coefficient (Wildman–Crippen LogP) is 1.70. The molecule has 2 atom stereocenters. The predicted molar refractivity (Wildman–Crippen MR) is 69.6 cm³/mol. The highest BCUT2D eigenvalue weighted by Crippen LogP contribution is 2.45. The molecular weight excluding hydrogens is 245 g/mol. The number of hydrogen-bond acceptors (Lipinski definition) is 5. The average molecular weight is 267 g/mol. The number of ether oxygens (including phenoxy) is 1. The van der Waals surface area contributed by atoms with E-state index in [0.717, 1.165) is 32.8 Å². The van der Waals surface area contributed by atoms with Crippen molar-refractivity contribution < 1.29 is 13.8 Å². The lowest BCUT2D eigenvalue weighted by molar-refractivity contribution is 0.0215. The van der Waals surface area contributed by atoms with Crippen molar-refractivity contribution in [2.24, 2.45) is 0 Å². The van der Waals surface area contributed by atoms with E-state index in [9.17, 15) is 0 Å². The van der Waals surface area contributed by atoms with E-state index in [-0.39, 0.29) is 6.10 Å². The van der Waals surface area contributed by atoms with Crippen LogP contribution in [0.2, 0.25) is 0 Å². The molecule has 0 spiro atoms. The summed E-state index contributed by atoms with van der Waals surface area (Å²) in [6.07, 6.45) is 0.125. The molecule has 96 valence electrons. The van der Waals surface area contributed by atoms with Crippen molar-refractivity contribution in [2.75, 3.05) is 46.1 Å². The smallest absolute Gasteiger partial charge is 0.185 e. The fraction of sp³-hybridized carbons (Fsp3) is 1.00. The molecule has 0 aliphatic carbocycles. The summed E-state index contributed by atoms with van der Waals surface area (Å²) >= 11 is 5.31. The van der Waals surface area contributed by atoms with Gasteiger partial charge in [0, 0.05) is 26.3 Å². The van der Waals surface area contributed by atoms with Crippen molar-refractivity contribution in [1.82, 2.24) is 4.90 Å². The van der Waals surface area contributed by atoms with Gasteiger partial charge in [-0.2, -0.15) is 0 Å². The zero-order valence-corrected chi connectivity index (χ0v) is 12.1. The van der Waals surface area contributed by atoms with Gasteiger partial charge in [-0.15, -0.1) is 0 Å². The topological polar surface area (TPSA) is 30.9 Å². The Hall–Kier alpha value is 0.490. The Bertz CT molecular complexity index is 246. The largest absolute Gasteiger partial charge is 0.379 e. The van der Waals surface area contributed by atoms with Gasteiger partial charge < -0.3 is 13.8 Å². The van der Waals surface area contributed by atoms with Crippen LogP contribution in [0.4, 0.5) is 0 Å². The summed E-state index contributed by atoms with van der Waals surface area (Å²) in [7, 11) is 0. The van der Waals surface area contributed by atoms with Crippen LogP contribution in [0.3, 0.4) is 0 Å². The molecule has 4 nitrogen and oxygen atoms in total. The fourth-order valence-corrected chi connectivity index (χ4v) is 3.78. The molecule has 1 aliphatic heterocycles. The van der Waals surface area contributed by atoms with Gasteiger partial charge in [-0.1, -0.05) is 0 Å². The van der Waals surface area contributed by atoms with Crippen molar-refractivity contribution in [2.45, 2.75) is 20.0 Å². The maximum atomic E-state index is 5.80. The Kier molecular flexibility index (Phi) is 6.40. The molecule has 0 amide bonds. The molecule has 1 saturated heterocycles. The molecule has 0 aromatic heterocycles. The molecule has 1 fully saturated rings. The fourth-order valence-electron chi connectivity index (χ4n) is 1.77. The highest BCUT2D eigenvalue weighted by molar-refractivity contribution is 8.09. The lowest BCUT2D eigenvalue weighted by Gasteiger charge is -2.30. The minimum Gasteiger partial charge on any atom is -0.379 e. The minimum atomic E-state index is -2.04. The summed E-state index contributed by atoms with van der Waals surface area (Å²) in [5, 5.41) is 0. The monoisotopic (exact) mass is 267 g/mol. The molecule has 0 bridgehead atoms. The average Bonchev–Trinajstić information content (AvgIpc) is 2.17. The highest BCUT2D eigenvalue weighted by Gasteiger charge is 2.19. The molecule has 16 heavy (non-hydrogen) atoms. The van der Waals surface area contributed by atoms with Gasteiger partial charge in [0.15, 0.2) is 6.49 Å². The molecular formula is C10H22NO3PS. The second-order valence-corrected chi connectivity index (χ2v) is 8.02. The number of morpholine rings is 1. The van der Waals surface area contributed by atoms with Gasteiger partial charge >= 0.3 is 0 Å². The molecule has 1 heterocycles. The summed E-state index contributed by atoms with van der Waals surface area (Å²) < 4.78 is 16.6. The van der Waals surface area contributed by atoms with Crippen LogP contribution in [0.1, 0.15) is 13.8 Å². The molecule has 0 aromatic carbocycles. The van der Waals surface area contributed by atoms with Crippen molar-refractivity contribution in [3.63, 3.8) is 0 Å². The van der Waals surface area contributed by atoms with Crippen LogP contribution < -0.4 is 0 Å². The van der Waals surface area contributed by atoms with Gasteiger partial charge in [-0.3, -0.25) is 4.90 Å². The SMILES string of the molecule is CCO[P@@](C)(=S)O[C@@H](C)CN1CCOCC1. The standard InChI is InChI=1S/C10H22NO3PS/c1-4-13-15(3,16)14-10(2)9-11-5-7-12-8-6-11/h10H,4-9H2,1-3H3/t10-,15+/m0/s1. The third-order valence-corrected chi connectivity index (χ3v) is 4.40. The molecule has 1 aliphatic rings. The number of rotatable bonds is 6. The molecule has 0 radical (unpaired) electrons. The van der Waals surface area contributed by atoms with Gasteiger partial charge in [0.25, 0.3) is 0 Å². The summed E-state index contributed by atoms with van der Waals surface area (Å²) in [6.45, 7) is 8.98. The lowest BCUT2D eigenvalue weighted by atomic mass is 10.3. The van der Waals surface area contributed by atoms with Crippen molar-refractivity contribution >= 4 is 18.3 Å². The lowest BCUT2D eigenvalue weighted by Crippen LogP contribution is -2.40. The van der Waals surface area contributed by atoms with Crippen molar-refractivity contribution in [3.8, 4) is 0 Å². The van der Waals surface area contributed by atoms with Gasteiger partial charge in [0.1, 0.15) is 0 Å². The Labute approximate surface area is 103 Å². The minimum absolute atomic E-state index is 0.125. The van der Waals surface area contributed by atoms with E-state index in [1.165, 1.54) is 0 Å². The van der Waals surface area contributed by atoms with E-state index in [4.69, 9.17) is 25.6 Å². The molecule has 1 rings (SSSR count). The summed E-state index contributed by atoms with van der Waals surface area (Å²) in [5.41, 5.74) is 0. The first-order valence-electron chi connectivity index (χ1n) is 5.74. The molecule has 6 heteroatoms. The Morgan fingerprint density at radius 1 is 1.44 bits per heavy atom. The number of hydrogen-bond donors (Lipinski definition) is 0. The van der Waals surface area contributed by atoms with Gasteiger partial charge in [-0.05, 0) is 25.7 Å². The maximum absolute atomic E-state index is 5.80. The van der Waals surface area contributed by atoms with E-state index in [1.807, 2.05) is 13.6 Å². The van der Waals surface area contributed by atoms with Crippen LogP contribution in [0.25, 0.3) is 0 Å². The van der Waals surface area contributed by atoms with E-state index in [2.05, 4.69) is 11.8 Å². The maximum Gasteiger partial charge on any atom is 0.185 e. The van der Waals surface area contributed by atoms with E-state index >= 15 is 0 Å². The second-order valence-electron chi connectivity index (χ2n) is 4.02. The zero-order valence-electron chi connectivity index (χ0n) is 10.3. The van der Waals surface area contributed by atoms with Crippen molar-refractivity contribution in [3.05, 3.63) is 0 Å². The third-order valence-electron chi connectivity index (χ3n) is 2.35. The molecule has 0 N–H and O–H groups in total. The van der Waals surface area contributed by atoms with Gasteiger partial charge in [-0.25, -0.2) is 0 Å². The van der Waals surface area contributed by atoms with Gasteiger partial charge in [0.05, 0.1) is 25.9 Å². The van der Waals surface area contributed by atoms with Crippen LogP contribution in [0.15, 0.2) is 0 Å². The van der Waals surface area contributed by atoms with Crippen LogP contribution in [0.5, 0.6) is 0 Å². The first kappa shape index (κ1) is 14.6. The molecule has 0 aromatic rings. The Morgan fingerprint density at radius 2 is 2.06 bits per heavy atom. The highest BCUT2D eigenvalue weighted by atomic mass is 32.5. The first-order valence-corrected chi connectivity index (χ1v) is 8.82. The van der Waals surface area contributed by atoms with Gasteiger partial charge in [0.2, 0.25) is 0 Å². The van der Waals surface area contributed by atoms with E-state index < -0.39 is 6.49 Å². The second kappa shape index (κ2) is 7.04. The van der Waals surface area contributed by atoms with Crippen LogP contribution in [-0.2, 0) is 25.6 Å². The van der Waals surface area contributed by atoms with E-state index in [0.29, 0.717) is 6.61 Å². The van der Waals surface area contributed by atoms with E-state index in [1.54, 1.807) is 0 Å². The third kappa shape index (κ3) is 5.71. The summed E-state index contributed by atoms with van der Waals surface area (Å²) in [6, 6.07) is 0. The number of nitrogens with zero attached hydrogens (tertiary/aromatic N) is 1. The summed E-state index contributed by atoms with van der Waals surface area (Å²) in [5.74, 6) is 0. The zero-order chi connectivity index (χ0) is 12.0. The Morgan fingerprint density at radius 3 is 2.62 bits per heavy atom. The van der Waals surface area contributed by atoms with Crippen LogP contribution in [-0.4, -0.2) is 57.1 Å². The first-order chi connectivity index (χ1) is 7.53. The summed E-state index contributed by atoms with van der Waals surface area (Å²) in [4.78, 5) is 2.34. The Balaban J connectivity index is 2.28. The molecule has 0 saturated carbocycles.